The molecule has 78 valence electrons. The van der Waals surface area contributed by atoms with Crippen molar-refractivity contribution in [3.63, 3.8) is 0 Å². The molecule has 2 nitrogen and oxygen atoms in total. The van der Waals surface area contributed by atoms with Crippen LogP contribution in [0.5, 0.6) is 0 Å². The van der Waals surface area contributed by atoms with Gasteiger partial charge in [0.15, 0.2) is 0 Å². The van der Waals surface area contributed by atoms with Crippen molar-refractivity contribution >= 4 is 9.12 Å². The topological polar surface area (TPSA) is 6.48 Å². The second-order valence-corrected chi connectivity index (χ2v) is 8.59. The summed E-state index contributed by atoms with van der Waals surface area (Å²) in [5.74, 6) is 0. The van der Waals surface area contributed by atoms with Crippen molar-refractivity contribution in [2.75, 3.05) is 28.2 Å². The van der Waals surface area contributed by atoms with Crippen LogP contribution >= 0.6 is 0 Å². The molecule has 0 rings (SSSR count). The maximum atomic E-state index is 4.25. The molecule has 3 heteroatoms. The van der Waals surface area contributed by atoms with E-state index in [1.807, 2.05) is 0 Å². The van der Waals surface area contributed by atoms with Gasteiger partial charge in [0, 0.05) is 0 Å². The highest BCUT2D eigenvalue weighted by Crippen LogP contribution is 2.26. The molecule has 0 N–H and O–H groups in total. The first-order valence-corrected chi connectivity index (χ1v) is 6.31. The van der Waals surface area contributed by atoms with E-state index in [9.17, 15) is 0 Å². The van der Waals surface area contributed by atoms with E-state index < -0.39 is 9.12 Å². The van der Waals surface area contributed by atoms with E-state index in [0.717, 1.165) is 0 Å². The third kappa shape index (κ3) is 3.63. The second kappa shape index (κ2) is 4.40. The van der Waals surface area contributed by atoms with Crippen LogP contribution in [0.15, 0.2) is 11.8 Å². The van der Waals surface area contributed by atoms with Gasteiger partial charge >= 0.3 is 0 Å². The average Bonchev–Trinajstić information content (AvgIpc) is 1.82. The van der Waals surface area contributed by atoms with E-state index in [2.05, 4.69) is 64.7 Å². The minimum absolute atomic E-state index is 0.228. The fourth-order valence-corrected chi connectivity index (χ4v) is 4.42. The number of rotatable bonds is 3. The lowest BCUT2D eigenvalue weighted by Gasteiger charge is -2.36. The van der Waals surface area contributed by atoms with Crippen molar-refractivity contribution in [2.24, 2.45) is 5.41 Å². The van der Waals surface area contributed by atoms with Crippen LogP contribution in [0.3, 0.4) is 0 Å². The largest absolute Gasteiger partial charge is 0.316 e. The minimum Gasteiger partial charge on any atom is -0.316 e. The van der Waals surface area contributed by atoms with Gasteiger partial charge < -0.3 is 9.13 Å². The van der Waals surface area contributed by atoms with Gasteiger partial charge in [-0.1, -0.05) is 26.0 Å². The maximum Gasteiger partial charge on any atom is 0.218 e. The highest BCUT2D eigenvalue weighted by molar-refractivity contribution is 6.61. The molecule has 0 aromatic heterocycles. The fourth-order valence-electron chi connectivity index (χ4n) is 1.47. The van der Waals surface area contributed by atoms with Crippen molar-refractivity contribution in [1.29, 1.82) is 0 Å². The van der Waals surface area contributed by atoms with Gasteiger partial charge in [-0.2, -0.15) is 0 Å². The van der Waals surface area contributed by atoms with E-state index in [0.29, 0.717) is 0 Å². The molecule has 0 unspecified atom stereocenters. The molecular formula is C10H24N2Si. The summed E-state index contributed by atoms with van der Waals surface area (Å²) >= 11 is 0. The monoisotopic (exact) mass is 200 g/mol. The summed E-state index contributed by atoms with van der Waals surface area (Å²) < 4.78 is 4.65. The summed E-state index contributed by atoms with van der Waals surface area (Å²) in [5.41, 5.74) is 0.228. The zero-order valence-corrected chi connectivity index (χ0v) is 11.3. The van der Waals surface area contributed by atoms with Gasteiger partial charge in [0.05, 0.1) is 0 Å². The Morgan fingerprint density at radius 2 is 1.31 bits per heavy atom. The van der Waals surface area contributed by atoms with Crippen LogP contribution in [-0.2, 0) is 0 Å². The number of nitrogens with zero attached hydrogens (tertiary/aromatic N) is 2. The van der Waals surface area contributed by atoms with Crippen LogP contribution in [0.1, 0.15) is 20.8 Å². The van der Waals surface area contributed by atoms with E-state index in [1.165, 1.54) is 5.20 Å². The van der Waals surface area contributed by atoms with Crippen LogP contribution in [0.4, 0.5) is 0 Å². The summed E-state index contributed by atoms with van der Waals surface area (Å²) in [7, 11) is 7.46. The van der Waals surface area contributed by atoms with E-state index in [-0.39, 0.29) is 5.41 Å². The fraction of sp³-hybridized carbons (Fsp3) is 0.800. The van der Waals surface area contributed by atoms with Gasteiger partial charge in [-0.25, -0.2) is 0 Å². The molecular weight excluding hydrogens is 176 g/mol. The highest BCUT2D eigenvalue weighted by Gasteiger charge is 2.28. The molecule has 0 saturated heterocycles. The number of hydrogen-bond donors (Lipinski definition) is 0. The maximum absolute atomic E-state index is 4.25. The van der Waals surface area contributed by atoms with Crippen LogP contribution in [0.25, 0.3) is 0 Å². The molecule has 0 bridgehead atoms. The Bertz CT molecular complexity index is 172. The molecule has 0 saturated carbocycles. The second-order valence-electron chi connectivity index (χ2n) is 5.08. The Morgan fingerprint density at radius 3 is 1.38 bits per heavy atom. The summed E-state index contributed by atoms with van der Waals surface area (Å²) in [6, 6.07) is 0. The Balaban J connectivity index is 4.68. The standard InChI is InChI=1S/C10H24N2Si/c1-9(10(2,3)4)13(11(5)6)12(7)8/h13H,1H2,2-8H3. The molecule has 0 heterocycles. The molecule has 0 aromatic rings. The first kappa shape index (κ1) is 12.9. The quantitative estimate of drug-likeness (QED) is 0.637. The van der Waals surface area contributed by atoms with E-state index in [1.54, 1.807) is 0 Å². The van der Waals surface area contributed by atoms with Crippen LogP contribution in [0.2, 0.25) is 0 Å². The lowest BCUT2D eigenvalue weighted by Crippen LogP contribution is -2.49. The van der Waals surface area contributed by atoms with Crippen molar-refractivity contribution in [3.8, 4) is 0 Å². The zero-order chi connectivity index (χ0) is 10.8. The van der Waals surface area contributed by atoms with Crippen molar-refractivity contribution in [3.05, 3.63) is 11.8 Å². The third-order valence-electron chi connectivity index (χ3n) is 2.25. The van der Waals surface area contributed by atoms with Gasteiger partial charge in [0.25, 0.3) is 0 Å². The van der Waals surface area contributed by atoms with Crippen molar-refractivity contribution < 1.29 is 0 Å². The SMILES string of the molecule is C=C([SiH](N(C)C)N(C)C)C(C)(C)C. The van der Waals surface area contributed by atoms with E-state index >= 15 is 0 Å². The van der Waals surface area contributed by atoms with Gasteiger partial charge in [-0.15, -0.1) is 6.58 Å². The predicted octanol–water partition coefficient (Wildman–Crippen LogP) is 1.47. The molecule has 0 aliphatic heterocycles. The average molecular weight is 200 g/mol. The summed E-state index contributed by atoms with van der Waals surface area (Å²) in [6.45, 7) is 11.0. The van der Waals surface area contributed by atoms with Gasteiger partial charge in [0.2, 0.25) is 9.12 Å². The summed E-state index contributed by atoms with van der Waals surface area (Å²) in [5, 5.41) is 1.39. The lowest BCUT2D eigenvalue weighted by atomic mass is 9.97. The Hall–Kier alpha value is -0.123. The van der Waals surface area contributed by atoms with Crippen LogP contribution in [-0.4, -0.2) is 46.4 Å². The zero-order valence-electron chi connectivity index (χ0n) is 10.2. The smallest absolute Gasteiger partial charge is 0.218 e. The minimum atomic E-state index is -1.13. The predicted molar refractivity (Wildman–Crippen MR) is 63.1 cm³/mol. The first-order chi connectivity index (χ1) is 5.68. The molecule has 0 radical (unpaired) electrons. The van der Waals surface area contributed by atoms with E-state index in [4.69, 9.17) is 0 Å². The molecule has 0 aliphatic carbocycles. The van der Waals surface area contributed by atoms with Crippen LogP contribution < -0.4 is 0 Å². The lowest BCUT2D eigenvalue weighted by molar-refractivity contribution is 0.472. The van der Waals surface area contributed by atoms with Crippen molar-refractivity contribution in [2.45, 2.75) is 20.8 Å². The Morgan fingerprint density at radius 1 is 1.00 bits per heavy atom. The Labute approximate surface area is 85.0 Å². The number of allylic oxidation sites excluding steroid dienone is 1. The van der Waals surface area contributed by atoms with Crippen LogP contribution in [0, 0.1) is 5.41 Å². The third-order valence-corrected chi connectivity index (χ3v) is 5.70. The summed E-state index contributed by atoms with van der Waals surface area (Å²) in [4.78, 5) is 0. The molecule has 0 atom stereocenters. The molecule has 0 amide bonds. The van der Waals surface area contributed by atoms with Crippen molar-refractivity contribution in [1.82, 2.24) is 9.13 Å². The summed E-state index contributed by atoms with van der Waals surface area (Å²) in [6.07, 6.45) is 0. The molecule has 0 aliphatic rings. The molecule has 13 heavy (non-hydrogen) atoms. The molecule has 0 aromatic carbocycles. The van der Waals surface area contributed by atoms with Gasteiger partial charge in [-0.05, 0) is 33.6 Å². The molecule has 0 spiro atoms. The van der Waals surface area contributed by atoms with Gasteiger partial charge in [0.1, 0.15) is 0 Å². The van der Waals surface area contributed by atoms with Gasteiger partial charge in [-0.3, -0.25) is 0 Å². The Kier molecular flexibility index (Phi) is 4.36. The number of hydrogen-bond acceptors (Lipinski definition) is 2. The molecule has 0 fully saturated rings. The highest BCUT2D eigenvalue weighted by atomic mass is 28.3. The normalized spacial score (nSPS) is 13.1. The first-order valence-electron chi connectivity index (χ1n) is 4.70.